The molecule has 1 aromatic heterocycles. The van der Waals surface area contributed by atoms with Gasteiger partial charge in [-0.2, -0.15) is 9.97 Å². The Hall–Kier alpha value is -1.52. The number of nitrogen functional groups attached to an aromatic ring is 2. The van der Waals surface area contributed by atoms with E-state index in [0.29, 0.717) is 17.2 Å². The van der Waals surface area contributed by atoms with Crippen molar-refractivity contribution in [2.45, 2.75) is 27.2 Å². The van der Waals surface area contributed by atoms with Crippen LogP contribution in [0, 0.1) is 11.3 Å². The first-order chi connectivity index (χ1) is 7.86. The fourth-order valence-corrected chi connectivity index (χ4v) is 2.31. The lowest BCUT2D eigenvalue weighted by Crippen LogP contribution is -2.26. The van der Waals surface area contributed by atoms with Gasteiger partial charge in [-0.15, -0.1) is 0 Å². The molecular formula is C12H21N5. The summed E-state index contributed by atoms with van der Waals surface area (Å²) in [6.45, 7) is 8.87. The molecule has 17 heavy (non-hydrogen) atoms. The van der Waals surface area contributed by atoms with E-state index >= 15 is 0 Å². The summed E-state index contributed by atoms with van der Waals surface area (Å²) < 4.78 is 0. The SMILES string of the molecule is CC(C)(C)C1CCN(c2cc(N)nc(N)n2)C1. The van der Waals surface area contributed by atoms with E-state index in [4.69, 9.17) is 11.5 Å². The molecule has 1 saturated heterocycles. The van der Waals surface area contributed by atoms with E-state index in [2.05, 4.69) is 35.6 Å². The van der Waals surface area contributed by atoms with Crippen molar-refractivity contribution >= 4 is 17.6 Å². The number of hydrogen-bond donors (Lipinski definition) is 2. The van der Waals surface area contributed by atoms with E-state index in [0.717, 1.165) is 18.9 Å². The fraction of sp³-hybridized carbons (Fsp3) is 0.667. The van der Waals surface area contributed by atoms with Gasteiger partial charge in [0.05, 0.1) is 0 Å². The lowest BCUT2D eigenvalue weighted by Gasteiger charge is -2.27. The molecule has 94 valence electrons. The molecule has 0 amide bonds. The van der Waals surface area contributed by atoms with Crippen LogP contribution in [0.4, 0.5) is 17.6 Å². The fourth-order valence-electron chi connectivity index (χ4n) is 2.31. The Morgan fingerprint density at radius 3 is 2.53 bits per heavy atom. The molecule has 5 heteroatoms. The van der Waals surface area contributed by atoms with E-state index in [9.17, 15) is 0 Å². The Kier molecular flexibility index (Phi) is 2.85. The lowest BCUT2D eigenvalue weighted by atomic mass is 9.80. The van der Waals surface area contributed by atoms with Crippen LogP contribution in [0.1, 0.15) is 27.2 Å². The molecule has 1 aliphatic rings. The van der Waals surface area contributed by atoms with Gasteiger partial charge in [0.25, 0.3) is 0 Å². The highest BCUT2D eigenvalue weighted by molar-refractivity contribution is 5.51. The lowest BCUT2D eigenvalue weighted by molar-refractivity contribution is 0.263. The van der Waals surface area contributed by atoms with Crippen molar-refractivity contribution < 1.29 is 0 Å². The molecule has 0 bridgehead atoms. The van der Waals surface area contributed by atoms with Crippen molar-refractivity contribution in [2.24, 2.45) is 11.3 Å². The molecule has 0 saturated carbocycles. The summed E-state index contributed by atoms with van der Waals surface area (Å²) in [5, 5.41) is 0. The van der Waals surface area contributed by atoms with Gasteiger partial charge < -0.3 is 16.4 Å². The molecule has 0 spiro atoms. The molecule has 0 aromatic carbocycles. The van der Waals surface area contributed by atoms with E-state index in [1.165, 1.54) is 6.42 Å². The normalized spacial score (nSPS) is 20.9. The third kappa shape index (κ3) is 2.60. The first-order valence-electron chi connectivity index (χ1n) is 6.01. The monoisotopic (exact) mass is 235 g/mol. The van der Waals surface area contributed by atoms with Gasteiger partial charge in [0, 0.05) is 19.2 Å². The van der Waals surface area contributed by atoms with Crippen molar-refractivity contribution in [1.82, 2.24) is 9.97 Å². The first kappa shape index (κ1) is 12.0. The third-order valence-corrected chi connectivity index (χ3v) is 3.49. The van der Waals surface area contributed by atoms with E-state index in [1.54, 1.807) is 6.07 Å². The van der Waals surface area contributed by atoms with Crippen LogP contribution >= 0.6 is 0 Å². The molecule has 2 heterocycles. The Labute approximate surface area is 102 Å². The average Bonchev–Trinajstić information content (AvgIpc) is 2.63. The van der Waals surface area contributed by atoms with Gasteiger partial charge in [-0.05, 0) is 17.8 Å². The van der Waals surface area contributed by atoms with Gasteiger partial charge in [-0.3, -0.25) is 0 Å². The van der Waals surface area contributed by atoms with Crippen LogP contribution < -0.4 is 16.4 Å². The van der Waals surface area contributed by atoms with Crippen LogP contribution in [0.25, 0.3) is 0 Å². The van der Waals surface area contributed by atoms with Crippen LogP contribution in [-0.2, 0) is 0 Å². The van der Waals surface area contributed by atoms with E-state index < -0.39 is 0 Å². The molecule has 1 aromatic rings. The Morgan fingerprint density at radius 2 is 2.00 bits per heavy atom. The number of hydrogen-bond acceptors (Lipinski definition) is 5. The highest BCUT2D eigenvalue weighted by atomic mass is 15.2. The summed E-state index contributed by atoms with van der Waals surface area (Å²) in [4.78, 5) is 10.4. The number of anilines is 3. The second kappa shape index (κ2) is 4.05. The van der Waals surface area contributed by atoms with Crippen LogP contribution in [-0.4, -0.2) is 23.1 Å². The van der Waals surface area contributed by atoms with Crippen LogP contribution in [0.15, 0.2) is 6.07 Å². The summed E-state index contributed by atoms with van der Waals surface area (Å²) >= 11 is 0. The molecule has 2 rings (SSSR count). The predicted molar refractivity (Wildman–Crippen MR) is 70.6 cm³/mol. The number of rotatable bonds is 1. The standard InChI is InChI=1S/C12H21N5/c1-12(2,3)8-4-5-17(7-8)10-6-9(13)15-11(14)16-10/h6,8H,4-5,7H2,1-3H3,(H4,13,14,15,16). The summed E-state index contributed by atoms with van der Waals surface area (Å²) in [7, 11) is 0. The number of aromatic nitrogens is 2. The molecule has 5 nitrogen and oxygen atoms in total. The topological polar surface area (TPSA) is 81.1 Å². The second-order valence-corrected chi connectivity index (χ2v) is 5.81. The molecule has 4 N–H and O–H groups in total. The van der Waals surface area contributed by atoms with Crippen LogP contribution in [0.5, 0.6) is 0 Å². The molecule has 0 aliphatic carbocycles. The van der Waals surface area contributed by atoms with Crippen LogP contribution in [0.3, 0.4) is 0 Å². The van der Waals surface area contributed by atoms with Crippen molar-refractivity contribution in [2.75, 3.05) is 29.5 Å². The zero-order chi connectivity index (χ0) is 12.6. The highest BCUT2D eigenvalue weighted by Crippen LogP contribution is 2.35. The maximum absolute atomic E-state index is 5.69. The van der Waals surface area contributed by atoms with Crippen molar-refractivity contribution in [1.29, 1.82) is 0 Å². The quantitative estimate of drug-likeness (QED) is 0.771. The van der Waals surface area contributed by atoms with E-state index in [1.807, 2.05) is 0 Å². The second-order valence-electron chi connectivity index (χ2n) is 5.81. The number of nitrogens with two attached hydrogens (primary N) is 2. The Balaban J connectivity index is 2.15. The maximum Gasteiger partial charge on any atom is 0.223 e. The summed E-state index contributed by atoms with van der Waals surface area (Å²) in [6.07, 6.45) is 1.19. The number of nitrogens with zero attached hydrogens (tertiary/aromatic N) is 3. The zero-order valence-electron chi connectivity index (χ0n) is 10.8. The molecular weight excluding hydrogens is 214 g/mol. The zero-order valence-corrected chi connectivity index (χ0v) is 10.8. The summed E-state index contributed by atoms with van der Waals surface area (Å²) in [6, 6.07) is 1.79. The maximum atomic E-state index is 5.69. The van der Waals surface area contributed by atoms with Crippen molar-refractivity contribution in [3.8, 4) is 0 Å². The summed E-state index contributed by atoms with van der Waals surface area (Å²) in [5.41, 5.74) is 11.6. The van der Waals surface area contributed by atoms with Gasteiger partial charge in [-0.25, -0.2) is 0 Å². The highest BCUT2D eigenvalue weighted by Gasteiger charge is 2.32. The van der Waals surface area contributed by atoms with E-state index in [-0.39, 0.29) is 5.95 Å². The molecule has 1 fully saturated rings. The smallest absolute Gasteiger partial charge is 0.223 e. The molecule has 1 unspecified atom stereocenters. The molecule has 0 radical (unpaired) electrons. The van der Waals surface area contributed by atoms with Gasteiger partial charge in [-0.1, -0.05) is 20.8 Å². The molecule has 1 atom stereocenters. The third-order valence-electron chi connectivity index (χ3n) is 3.49. The van der Waals surface area contributed by atoms with Crippen LogP contribution in [0.2, 0.25) is 0 Å². The minimum Gasteiger partial charge on any atom is -0.383 e. The molecule has 1 aliphatic heterocycles. The van der Waals surface area contributed by atoms with Gasteiger partial charge in [0.15, 0.2) is 0 Å². The van der Waals surface area contributed by atoms with Gasteiger partial charge >= 0.3 is 0 Å². The van der Waals surface area contributed by atoms with Crippen molar-refractivity contribution in [3.05, 3.63) is 6.07 Å². The van der Waals surface area contributed by atoms with Gasteiger partial charge in [0.1, 0.15) is 11.6 Å². The first-order valence-corrected chi connectivity index (χ1v) is 6.01. The average molecular weight is 235 g/mol. The predicted octanol–water partition coefficient (Wildman–Crippen LogP) is 1.51. The summed E-state index contributed by atoms with van der Waals surface area (Å²) in [5.74, 6) is 2.22. The Bertz CT molecular complexity index is 390. The largest absolute Gasteiger partial charge is 0.383 e. The van der Waals surface area contributed by atoms with Crippen molar-refractivity contribution in [3.63, 3.8) is 0 Å². The minimum atomic E-state index is 0.249. The Morgan fingerprint density at radius 1 is 1.29 bits per heavy atom. The van der Waals surface area contributed by atoms with Gasteiger partial charge in [0.2, 0.25) is 5.95 Å². The minimum absolute atomic E-state index is 0.249.